The monoisotopic (exact) mass is 346 g/mol. The first-order chi connectivity index (χ1) is 8.27. The number of carbonyl (C=O) groups is 1. The van der Waals surface area contributed by atoms with Gasteiger partial charge in [-0.2, -0.15) is 0 Å². The topological polar surface area (TPSA) is 29.1 Å². The van der Waals surface area contributed by atoms with Gasteiger partial charge in [-0.05, 0) is 0 Å². The molecule has 0 fully saturated rings. The van der Waals surface area contributed by atoms with Crippen LogP contribution < -0.4 is 26.5 Å². The molecule has 0 aromatic heterocycles. The maximum absolute atomic E-state index is 11.8. The maximum atomic E-state index is 11.8. The number of alkyl halides is 2. The quantitative estimate of drug-likeness (QED) is 0.230. The van der Waals surface area contributed by atoms with E-state index < -0.39 is 0 Å². The molecule has 3 heteroatoms. The van der Waals surface area contributed by atoms with Crippen LogP contribution in [-0.2, 0) is 0 Å². The van der Waals surface area contributed by atoms with E-state index in [0.717, 1.165) is 14.0 Å². The van der Waals surface area contributed by atoms with E-state index >= 15 is 0 Å². The van der Waals surface area contributed by atoms with Crippen LogP contribution in [0.3, 0.4) is 0 Å². The van der Waals surface area contributed by atoms with E-state index in [1.165, 1.54) is 12.8 Å². The van der Waals surface area contributed by atoms with Crippen LogP contribution in [0.4, 0.5) is 0 Å². The molecule has 0 saturated heterocycles. The summed E-state index contributed by atoms with van der Waals surface area (Å²) < 4.78 is 1.94. The van der Waals surface area contributed by atoms with E-state index in [-0.39, 0.29) is 27.0 Å². The number of rotatable bonds is 8. The fraction of sp³-hybridized carbons (Fsp3) is 0.500. The number of hydrogen-bond acceptors (Lipinski definition) is 2. The Bertz CT molecular complexity index is 322. The second kappa shape index (κ2) is 8.64. The zero-order valence-corrected chi connectivity index (χ0v) is 12.7. The molecule has 0 atom stereocenters. The van der Waals surface area contributed by atoms with Crippen molar-refractivity contribution in [2.24, 2.45) is 0 Å². The van der Waals surface area contributed by atoms with Crippen LogP contribution in [0.5, 0.6) is 0 Å². The van der Waals surface area contributed by atoms with Crippen molar-refractivity contribution < 1.29 is 26.0 Å². The number of benzene rings is 1. The van der Waals surface area contributed by atoms with Crippen LogP contribution in [0.2, 0.25) is 0 Å². The molecule has 0 aliphatic carbocycles. The first-order valence-corrected chi connectivity index (χ1v) is 8.91. The molecular weight excluding hydrogens is 325 g/mol. The minimum absolute atomic E-state index is 0.193. The Labute approximate surface area is 114 Å². The Morgan fingerprint density at radius 2 is 1.88 bits per heavy atom. The molecule has 0 amide bonds. The number of Topliss-reactive ketones (excluding diaryl/α,β-unsaturated/α-hetero) is 1. The van der Waals surface area contributed by atoms with Crippen LogP contribution >= 0.6 is 0 Å². The third-order valence-electron chi connectivity index (χ3n) is 2.66. The van der Waals surface area contributed by atoms with Crippen molar-refractivity contribution in [3.05, 3.63) is 35.9 Å². The van der Waals surface area contributed by atoms with E-state index in [9.17, 15) is 4.79 Å². The van der Waals surface area contributed by atoms with Gasteiger partial charge in [0, 0.05) is 0 Å². The second-order valence-electron chi connectivity index (χ2n) is 3.92. The van der Waals surface area contributed by atoms with Gasteiger partial charge in [0.2, 0.25) is 0 Å². The van der Waals surface area contributed by atoms with Gasteiger partial charge < -0.3 is 0 Å². The molecule has 96 valence electrons. The SMILES string of the molecule is CCC(CC)[I-]CNCC(=O)c1ccccc1. The fourth-order valence-corrected chi connectivity index (χ4v) is 4.01. The number of hydrogen-bond donors (Lipinski definition) is 1. The first kappa shape index (κ1) is 14.6. The summed E-state index contributed by atoms with van der Waals surface area (Å²) in [6.45, 7) is 4.98. The van der Waals surface area contributed by atoms with Crippen molar-refractivity contribution >= 4 is 5.78 Å². The van der Waals surface area contributed by atoms with Gasteiger partial charge in [0.05, 0.1) is 0 Å². The molecule has 1 aromatic rings. The summed E-state index contributed by atoms with van der Waals surface area (Å²) >= 11 is 0.193. The molecule has 0 heterocycles. The first-order valence-electron chi connectivity index (χ1n) is 6.14. The standard InChI is InChI=1S/C14H21INO/c1-3-13(4-2)15-11-16-10-14(17)12-8-6-5-7-9-12/h5-9,13,16H,3-4,10-11H2,1-2H3/q-1. The summed E-state index contributed by atoms with van der Waals surface area (Å²) in [7, 11) is 0. The summed E-state index contributed by atoms with van der Waals surface area (Å²) in [5, 5.41) is 3.28. The van der Waals surface area contributed by atoms with E-state index in [0.29, 0.717) is 6.54 Å². The van der Waals surface area contributed by atoms with Crippen molar-refractivity contribution in [2.45, 2.75) is 30.6 Å². The van der Waals surface area contributed by atoms with Crippen molar-refractivity contribution in [1.29, 1.82) is 0 Å². The molecule has 0 radical (unpaired) electrons. The Morgan fingerprint density at radius 3 is 2.47 bits per heavy atom. The molecule has 0 unspecified atom stereocenters. The van der Waals surface area contributed by atoms with Crippen LogP contribution in [0, 0.1) is 0 Å². The zero-order chi connectivity index (χ0) is 12.5. The molecular formula is C14H21INO-. The van der Waals surface area contributed by atoms with E-state index in [2.05, 4.69) is 19.2 Å². The van der Waals surface area contributed by atoms with Crippen molar-refractivity contribution in [3.8, 4) is 0 Å². The predicted molar refractivity (Wildman–Crippen MR) is 68.0 cm³/mol. The molecule has 0 saturated carbocycles. The van der Waals surface area contributed by atoms with E-state index in [4.69, 9.17) is 0 Å². The molecule has 2 nitrogen and oxygen atoms in total. The number of ketones is 1. The average Bonchev–Trinajstić information content (AvgIpc) is 2.40. The van der Waals surface area contributed by atoms with Crippen molar-refractivity contribution in [1.82, 2.24) is 5.32 Å². The van der Waals surface area contributed by atoms with Crippen LogP contribution in [0.1, 0.15) is 37.0 Å². The number of halogens is 1. The summed E-state index contributed by atoms with van der Waals surface area (Å²) in [5.41, 5.74) is 0.806. The molecule has 0 spiro atoms. The Kier molecular flexibility index (Phi) is 7.44. The molecule has 0 aliphatic rings. The summed E-state index contributed by atoms with van der Waals surface area (Å²) in [6, 6.07) is 9.50. The summed E-state index contributed by atoms with van der Waals surface area (Å²) in [4.78, 5) is 11.8. The molecule has 17 heavy (non-hydrogen) atoms. The van der Waals surface area contributed by atoms with Crippen LogP contribution in [-0.4, -0.2) is 20.8 Å². The third kappa shape index (κ3) is 5.64. The zero-order valence-electron chi connectivity index (χ0n) is 10.6. The number of nitrogens with one attached hydrogen (secondary N) is 1. The van der Waals surface area contributed by atoms with Gasteiger partial charge in [-0.3, -0.25) is 0 Å². The summed E-state index contributed by atoms with van der Waals surface area (Å²) in [5.74, 6) is 0.194. The normalized spacial score (nSPS) is 11.0. The molecule has 1 N–H and O–H groups in total. The van der Waals surface area contributed by atoms with Crippen molar-refractivity contribution in [2.75, 3.05) is 11.1 Å². The van der Waals surface area contributed by atoms with E-state index in [1.807, 2.05) is 30.3 Å². The molecule has 1 aromatic carbocycles. The average molecular weight is 346 g/mol. The Morgan fingerprint density at radius 1 is 1.24 bits per heavy atom. The van der Waals surface area contributed by atoms with Crippen molar-refractivity contribution in [3.63, 3.8) is 0 Å². The van der Waals surface area contributed by atoms with Gasteiger partial charge >= 0.3 is 115 Å². The van der Waals surface area contributed by atoms with Gasteiger partial charge in [-0.15, -0.1) is 0 Å². The second-order valence-corrected chi connectivity index (χ2v) is 7.32. The minimum atomic E-state index is 0.193. The summed E-state index contributed by atoms with van der Waals surface area (Å²) in [6.07, 6.45) is 2.55. The Hall–Kier alpha value is -0.420. The van der Waals surface area contributed by atoms with E-state index in [1.54, 1.807) is 0 Å². The molecule has 1 rings (SSSR count). The van der Waals surface area contributed by atoms with Crippen LogP contribution in [0.15, 0.2) is 30.3 Å². The third-order valence-corrected chi connectivity index (χ3v) is 6.64. The Balaban J connectivity index is 2.21. The number of carbonyl (C=O) groups excluding carboxylic acids is 1. The van der Waals surface area contributed by atoms with Gasteiger partial charge in [0.15, 0.2) is 0 Å². The van der Waals surface area contributed by atoms with Gasteiger partial charge in [-0.25, -0.2) is 0 Å². The molecule has 0 bridgehead atoms. The van der Waals surface area contributed by atoms with Crippen LogP contribution in [0.25, 0.3) is 0 Å². The predicted octanol–water partition coefficient (Wildman–Crippen LogP) is -0.306. The fourth-order valence-electron chi connectivity index (χ4n) is 1.56. The van der Waals surface area contributed by atoms with Gasteiger partial charge in [-0.1, -0.05) is 0 Å². The van der Waals surface area contributed by atoms with Gasteiger partial charge in [0.1, 0.15) is 0 Å². The van der Waals surface area contributed by atoms with Gasteiger partial charge in [0.25, 0.3) is 0 Å². The molecule has 0 aliphatic heterocycles.